The first-order valence-electron chi connectivity index (χ1n) is 8.91. The molecule has 2 aromatic rings. The Labute approximate surface area is 156 Å². The van der Waals surface area contributed by atoms with Gasteiger partial charge in [-0.05, 0) is 0 Å². The van der Waals surface area contributed by atoms with Crippen molar-refractivity contribution in [2.75, 3.05) is 39.3 Å². The fourth-order valence-electron chi connectivity index (χ4n) is 4.21. The van der Waals surface area contributed by atoms with Gasteiger partial charge in [0.25, 0.3) is 5.91 Å². The quantitative estimate of drug-likeness (QED) is 0.800. The first kappa shape index (κ1) is 17.7. The first-order valence-corrected chi connectivity index (χ1v) is 8.91. The van der Waals surface area contributed by atoms with Crippen LogP contribution >= 0.6 is 0 Å². The lowest BCUT2D eigenvalue weighted by molar-refractivity contribution is -0.148. The fraction of sp³-hybridized carbons (Fsp3) is 0.421. The normalized spacial score (nSPS) is 24.9. The highest BCUT2D eigenvalue weighted by Crippen LogP contribution is 2.43. The molecule has 1 amide bonds. The molecule has 4 rings (SSSR count). The maximum atomic E-state index is 12.9. The van der Waals surface area contributed by atoms with Crippen molar-refractivity contribution in [1.82, 2.24) is 15.0 Å². The van der Waals surface area contributed by atoms with Gasteiger partial charge in [-0.25, -0.2) is 0 Å². The minimum absolute atomic E-state index is 0.00767. The average molecular weight is 371 g/mol. The summed E-state index contributed by atoms with van der Waals surface area (Å²) in [6, 6.07) is 11.0. The number of carboxylic acids is 1. The zero-order chi connectivity index (χ0) is 19.0. The molecule has 0 radical (unpaired) electrons. The summed E-state index contributed by atoms with van der Waals surface area (Å²) in [5.74, 6) is -0.871. The summed E-state index contributed by atoms with van der Waals surface area (Å²) < 4.78 is 5.30. The van der Waals surface area contributed by atoms with Crippen molar-refractivity contribution < 1.29 is 24.3 Å². The van der Waals surface area contributed by atoms with E-state index < -0.39 is 11.4 Å². The van der Waals surface area contributed by atoms with E-state index in [1.807, 2.05) is 35.2 Å². The SMILES string of the molecule is O=C(c1cc(-c2ccccc2)on1)N1C[C@H]2CN(CCO)C[C@@]2(C(=O)O)C1. The van der Waals surface area contributed by atoms with Crippen LogP contribution in [-0.4, -0.2) is 76.4 Å². The fourth-order valence-corrected chi connectivity index (χ4v) is 4.21. The monoisotopic (exact) mass is 371 g/mol. The van der Waals surface area contributed by atoms with E-state index in [-0.39, 0.29) is 30.7 Å². The van der Waals surface area contributed by atoms with Gasteiger partial charge in [0.2, 0.25) is 0 Å². The number of amides is 1. The van der Waals surface area contributed by atoms with Gasteiger partial charge in [0.1, 0.15) is 5.41 Å². The Bertz CT molecular complexity index is 852. The number of aliphatic hydroxyl groups excluding tert-OH is 1. The molecule has 1 aromatic heterocycles. The van der Waals surface area contributed by atoms with Crippen LogP contribution in [0.1, 0.15) is 10.5 Å². The van der Waals surface area contributed by atoms with E-state index in [2.05, 4.69) is 5.16 Å². The number of benzene rings is 1. The predicted octanol–water partition coefficient (Wildman–Crippen LogP) is 0.792. The number of β-amino-alcohol motifs (C(OH)–C–C–N with tert-alkyl or cyclic N) is 1. The van der Waals surface area contributed by atoms with Crippen molar-refractivity contribution in [2.24, 2.45) is 11.3 Å². The molecule has 2 N–H and O–H groups in total. The summed E-state index contributed by atoms with van der Waals surface area (Å²) >= 11 is 0. The van der Waals surface area contributed by atoms with E-state index in [1.54, 1.807) is 11.0 Å². The van der Waals surface area contributed by atoms with Crippen LogP contribution in [0.5, 0.6) is 0 Å². The van der Waals surface area contributed by atoms with Crippen LogP contribution in [0.3, 0.4) is 0 Å². The summed E-state index contributed by atoms with van der Waals surface area (Å²) in [7, 11) is 0. The number of hydrogen-bond donors (Lipinski definition) is 2. The Hall–Kier alpha value is -2.71. The van der Waals surface area contributed by atoms with E-state index in [9.17, 15) is 14.7 Å². The molecular formula is C19H21N3O5. The lowest BCUT2D eigenvalue weighted by atomic mass is 9.81. The van der Waals surface area contributed by atoms with E-state index in [1.165, 1.54) is 0 Å². The van der Waals surface area contributed by atoms with Crippen molar-refractivity contribution in [1.29, 1.82) is 0 Å². The predicted molar refractivity (Wildman–Crippen MR) is 94.9 cm³/mol. The molecule has 2 atom stereocenters. The van der Waals surface area contributed by atoms with Gasteiger partial charge in [-0.1, -0.05) is 35.5 Å². The zero-order valence-corrected chi connectivity index (χ0v) is 14.7. The molecule has 0 aliphatic carbocycles. The third-order valence-electron chi connectivity index (χ3n) is 5.60. The molecule has 1 aromatic carbocycles. The van der Waals surface area contributed by atoms with Crippen molar-refractivity contribution >= 4 is 11.9 Å². The van der Waals surface area contributed by atoms with Gasteiger partial charge in [0, 0.05) is 50.3 Å². The summed E-state index contributed by atoms with van der Waals surface area (Å²) in [5.41, 5.74) is 0.0159. The average Bonchev–Trinajstić information content (AvgIpc) is 3.35. The first-order chi connectivity index (χ1) is 13.0. The lowest BCUT2D eigenvalue weighted by Gasteiger charge is -2.24. The number of carbonyl (C=O) groups excluding carboxylic acids is 1. The van der Waals surface area contributed by atoms with Crippen LogP contribution in [0, 0.1) is 11.3 Å². The maximum absolute atomic E-state index is 12.9. The molecule has 8 nitrogen and oxygen atoms in total. The molecule has 2 fully saturated rings. The highest BCUT2D eigenvalue weighted by molar-refractivity contribution is 5.94. The zero-order valence-electron chi connectivity index (χ0n) is 14.7. The van der Waals surface area contributed by atoms with Crippen LogP contribution < -0.4 is 0 Å². The number of nitrogens with zero attached hydrogens (tertiary/aromatic N) is 3. The number of aliphatic hydroxyl groups is 1. The Kier molecular flexibility index (Phi) is 4.45. The number of aromatic nitrogens is 1. The molecule has 0 spiro atoms. The number of carbonyl (C=O) groups is 2. The van der Waals surface area contributed by atoms with Gasteiger partial charge in [-0.2, -0.15) is 0 Å². The summed E-state index contributed by atoms with van der Waals surface area (Å²) in [4.78, 5) is 28.3. The van der Waals surface area contributed by atoms with Gasteiger partial charge in [0.05, 0.1) is 6.61 Å². The molecule has 0 saturated carbocycles. The van der Waals surface area contributed by atoms with Crippen LogP contribution in [0.15, 0.2) is 40.9 Å². The smallest absolute Gasteiger partial charge is 0.313 e. The third kappa shape index (κ3) is 3.00. The second-order valence-corrected chi connectivity index (χ2v) is 7.25. The second-order valence-electron chi connectivity index (χ2n) is 7.25. The highest BCUT2D eigenvalue weighted by atomic mass is 16.5. The van der Waals surface area contributed by atoms with Crippen molar-refractivity contribution in [3.63, 3.8) is 0 Å². The van der Waals surface area contributed by atoms with E-state index in [4.69, 9.17) is 9.63 Å². The molecule has 2 aliphatic rings. The van der Waals surface area contributed by atoms with Gasteiger partial charge in [0.15, 0.2) is 11.5 Å². The van der Waals surface area contributed by atoms with Gasteiger partial charge >= 0.3 is 5.97 Å². The minimum Gasteiger partial charge on any atom is -0.481 e. The Morgan fingerprint density at radius 3 is 2.67 bits per heavy atom. The molecule has 27 heavy (non-hydrogen) atoms. The third-order valence-corrected chi connectivity index (χ3v) is 5.60. The van der Waals surface area contributed by atoms with Gasteiger partial charge in [-0.3, -0.25) is 14.5 Å². The van der Waals surface area contributed by atoms with Gasteiger partial charge in [-0.15, -0.1) is 0 Å². The largest absolute Gasteiger partial charge is 0.481 e. The van der Waals surface area contributed by atoms with E-state index in [0.29, 0.717) is 31.9 Å². The standard InChI is InChI=1S/C19H21N3O5/c23-7-6-21-9-14-10-22(12-19(14,11-21)18(25)26)17(24)15-8-16(27-20-15)13-4-2-1-3-5-13/h1-5,8,14,23H,6-7,9-12H2,(H,25,26)/t14-,19-/m1/s1. The maximum Gasteiger partial charge on any atom is 0.313 e. The summed E-state index contributed by atoms with van der Waals surface area (Å²) in [5, 5.41) is 22.8. The minimum atomic E-state index is -0.989. The Balaban J connectivity index is 1.52. The number of hydrogen-bond acceptors (Lipinski definition) is 6. The molecule has 2 aliphatic heterocycles. The molecule has 3 heterocycles. The van der Waals surface area contributed by atoms with E-state index in [0.717, 1.165) is 5.56 Å². The number of carboxylic acid groups (broad SMARTS) is 1. The van der Waals surface area contributed by atoms with Crippen molar-refractivity contribution in [3.05, 3.63) is 42.1 Å². The molecule has 2 saturated heterocycles. The van der Waals surface area contributed by atoms with E-state index >= 15 is 0 Å². The topological polar surface area (TPSA) is 107 Å². The number of aliphatic carboxylic acids is 1. The van der Waals surface area contributed by atoms with Gasteiger partial charge < -0.3 is 19.6 Å². The molecule has 142 valence electrons. The number of likely N-dealkylation sites (tertiary alicyclic amines) is 2. The van der Waals surface area contributed by atoms with Crippen LogP contribution in [0.2, 0.25) is 0 Å². The molecule has 8 heteroatoms. The number of fused-ring (bicyclic) bond motifs is 1. The summed E-state index contributed by atoms with van der Waals surface area (Å²) in [6.07, 6.45) is 0. The lowest BCUT2D eigenvalue weighted by Crippen LogP contribution is -2.42. The second kappa shape index (κ2) is 6.79. The highest BCUT2D eigenvalue weighted by Gasteiger charge is 2.58. The Morgan fingerprint density at radius 2 is 2.00 bits per heavy atom. The molecule has 0 bridgehead atoms. The summed E-state index contributed by atoms with van der Waals surface area (Å²) in [6.45, 7) is 1.84. The molecule has 0 unspecified atom stereocenters. The Morgan fingerprint density at radius 1 is 1.22 bits per heavy atom. The van der Waals surface area contributed by atoms with Crippen molar-refractivity contribution in [3.8, 4) is 11.3 Å². The molecular weight excluding hydrogens is 350 g/mol. The van der Waals surface area contributed by atoms with Crippen LogP contribution in [-0.2, 0) is 4.79 Å². The van der Waals surface area contributed by atoms with Crippen LogP contribution in [0.25, 0.3) is 11.3 Å². The number of rotatable bonds is 5. The van der Waals surface area contributed by atoms with Crippen molar-refractivity contribution in [2.45, 2.75) is 0 Å². The van der Waals surface area contributed by atoms with Crippen LogP contribution in [0.4, 0.5) is 0 Å².